The summed E-state index contributed by atoms with van der Waals surface area (Å²) in [6.45, 7) is 10.3. The second-order valence-corrected chi connectivity index (χ2v) is 6.07. The van der Waals surface area contributed by atoms with Crippen LogP contribution in [0.3, 0.4) is 0 Å². The first-order valence-corrected chi connectivity index (χ1v) is 7.76. The highest BCUT2D eigenvalue weighted by Gasteiger charge is 2.41. The molecule has 4 nitrogen and oxygen atoms in total. The molecule has 0 spiro atoms. The number of hydrogen-bond acceptors (Lipinski definition) is 3. The maximum atomic E-state index is 12.6. The van der Waals surface area contributed by atoms with Gasteiger partial charge in [0.15, 0.2) is 0 Å². The molecule has 0 aliphatic carbocycles. The van der Waals surface area contributed by atoms with Crippen LogP contribution in [0, 0.1) is 11.8 Å². The van der Waals surface area contributed by atoms with Gasteiger partial charge in [-0.15, -0.1) is 0 Å². The van der Waals surface area contributed by atoms with E-state index in [2.05, 4.69) is 37.9 Å². The molecular weight excluding hydrogens is 240 g/mol. The van der Waals surface area contributed by atoms with E-state index < -0.39 is 0 Å². The van der Waals surface area contributed by atoms with Crippen LogP contribution < -0.4 is 5.32 Å². The first-order chi connectivity index (χ1) is 9.08. The second-order valence-electron chi connectivity index (χ2n) is 6.07. The van der Waals surface area contributed by atoms with Crippen molar-refractivity contribution >= 4 is 5.91 Å². The predicted molar refractivity (Wildman–Crippen MR) is 75.7 cm³/mol. The van der Waals surface area contributed by atoms with Crippen LogP contribution >= 0.6 is 0 Å². The van der Waals surface area contributed by atoms with Gasteiger partial charge in [0.05, 0.1) is 18.3 Å². The molecule has 2 fully saturated rings. The number of nitrogens with zero attached hydrogens (tertiary/aromatic N) is 1. The smallest absolute Gasteiger partial charge is 0.241 e. The minimum absolute atomic E-state index is 0.00702. The maximum absolute atomic E-state index is 12.6. The van der Waals surface area contributed by atoms with E-state index in [0.29, 0.717) is 17.7 Å². The van der Waals surface area contributed by atoms with E-state index in [1.165, 1.54) is 0 Å². The molecule has 5 atom stereocenters. The van der Waals surface area contributed by atoms with Gasteiger partial charge in [0, 0.05) is 19.1 Å². The van der Waals surface area contributed by atoms with Crippen molar-refractivity contribution in [3.63, 3.8) is 0 Å². The average molecular weight is 268 g/mol. The molecular formula is C15H28N2O2. The van der Waals surface area contributed by atoms with Gasteiger partial charge in [-0.3, -0.25) is 10.1 Å². The summed E-state index contributed by atoms with van der Waals surface area (Å²) in [5, 5.41) is 3.52. The summed E-state index contributed by atoms with van der Waals surface area (Å²) in [5.74, 6) is 1.19. The van der Waals surface area contributed by atoms with Gasteiger partial charge in [-0.1, -0.05) is 27.2 Å². The van der Waals surface area contributed by atoms with Crippen molar-refractivity contribution in [2.45, 2.75) is 65.3 Å². The number of ether oxygens (including phenoxy) is 1. The topological polar surface area (TPSA) is 41.6 Å². The zero-order valence-corrected chi connectivity index (χ0v) is 12.7. The molecule has 2 aliphatic rings. The SMILES string of the molecule is CCC(C)C1NC(CC)N(CC2CCOC2C)C1=O. The summed E-state index contributed by atoms with van der Waals surface area (Å²) in [5.41, 5.74) is 0. The van der Waals surface area contributed by atoms with Gasteiger partial charge in [-0.05, 0) is 25.7 Å². The Bertz CT molecular complexity index is 321. The van der Waals surface area contributed by atoms with E-state index in [9.17, 15) is 4.79 Å². The molecule has 1 amide bonds. The zero-order chi connectivity index (χ0) is 14.0. The molecule has 19 heavy (non-hydrogen) atoms. The van der Waals surface area contributed by atoms with E-state index >= 15 is 0 Å². The molecule has 2 rings (SSSR count). The van der Waals surface area contributed by atoms with Crippen LogP contribution in [0.5, 0.6) is 0 Å². The Morgan fingerprint density at radius 2 is 2.21 bits per heavy atom. The van der Waals surface area contributed by atoms with Gasteiger partial charge in [0.1, 0.15) is 0 Å². The lowest BCUT2D eigenvalue weighted by Gasteiger charge is -2.27. The Morgan fingerprint density at radius 3 is 2.74 bits per heavy atom. The number of hydrogen-bond donors (Lipinski definition) is 1. The van der Waals surface area contributed by atoms with E-state index in [1.54, 1.807) is 0 Å². The Kier molecular flexibility index (Phi) is 4.85. The van der Waals surface area contributed by atoms with Gasteiger partial charge in [0.2, 0.25) is 5.91 Å². The fourth-order valence-corrected chi connectivity index (χ4v) is 3.17. The zero-order valence-electron chi connectivity index (χ0n) is 12.7. The van der Waals surface area contributed by atoms with Crippen molar-refractivity contribution in [1.82, 2.24) is 10.2 Å². The third-order valence-electron chi connectivity index (χ3n) is 4.86. The maximum Gasteiger partial charge on any atom is 0.241 e. The summed E-state index contributed by atoms with van der Waals surface area (Å²) in [6, 6.07) is 0.00702. The standard InChI is InChI=1S/C15H28N2O2/c1-5-10(3)14-15(18)17(13(6-2)16-14)9-12-7-8-19-11(12)4/h10-14,16H,5-9H2,1-4H3. The van der Waals surface area contributed by atoms with Crippen LogP contribution in [0.25, 0.3) is 0 Å². The van der Waals surface area contributed by atoms with Crippen molar-refractivity contribution in [2.75, 3.05) is 13.2 Å². The highest BCUT2D eigenvalue weighted by molar-refractivity contribution is 5.84. The van der Waals surface area contributed by atoms with Crippen LogP contribution in [0.1, 0.15) is 47.0 Å². The third-order valence-corrected chi connectivity index (χ3v) is 4.86. The van der Waals surface area contributed by atoms with Crippen molar-refractivity contribution in [3.8, 4) is 0 Å². The van der Waals surface area contributed by atoms with Crippen LogP contribution in [-0.2, 0) is 9.53 Å². The highest BCUT2D eigenvalue weighted by Crippen LogP contribution is 2.26. The van der Waals surface area contributed by atoms with E-state index in [1.807, 2.05) is 0 Å². The Morgan fingerprint density at radius 1 is 1.47 bits per heavy atom. The van der Waals surface area contributed by atoms with Crippen molar-refractivity contribution < 1.29 is 9.53 Å². The lowest BCUT2D eigenvalue weighted by molar-refractivity contribution is -0.131. The summed E-state index contributed by atoms with van der Waals surface area (Å²) < 4.78 is 5.62. The summed E-state index contributed by atoms with van der Waals surface area (Å²) in [6.07, 6.45) is 3.58. The van der Waals surface area contributed by atoms with Crippen LogP contribution in [0.4, 0.5) is 0 Å². The van der Waals surface area contributed by atoms with Gasteiger partial charge in [-0.25, -0.2) is 0 Å². The summed E-state index contributed by atoms with van der Waals surface area (Å²) in [4.78, 5) is 14.7. The van der Waals surface area contributed by atoms with E-state index in [4.69, 9.17) is 4.74 Å². The third kappa shape index (κ3) is 2.95. The summed E-state index contributed by atoms with van der Waals surface area (Å²) in [7, 11) is 0. The van der Waals surface area contributed by atoms with Gasteiger partial charge < -0.3 is 9.64 Å². The number of nitrogens with one attached hydrogen (secondary N) is 1. The number of carbonyl (C=O) groups is 1. The van der Waals surface area contributed by atoms with Crippen LogP contribution in [0.15, 0.2) is 0 Å². The molecule has 4 heteroatoms. The van der Waals surface area contributed by atoms with Crippen molar-refractivity contribution in [3.05, 3.63) is 0 Å². The Hall–Kier alpha value is -0.610. The lowest BCUT2D eigenvalue weighted by atomic mass is 9.98. The monoisotopic (exact) mass is 268 g/mol. The summed E-state index contributed by atoms with van der Waals surface area (Å²) >= 11 is 0. The predicted octanol–water partition coefficient (Wildman–Crippen LogP) is 1.99. The molecule has 110 valence electrons. The molecule has 0 saturated carbocycles. The Labute approximate surface area is 116 Å². The number of carbonyl (C=O) groups excluding carboxylic acids is 1. The molecule has 0 radical (unpaired) electrons. The van der Waals surface area contributed by atoms with Crippen LogP contribution in [-0.4, -0.2) is 42.3 Å². The van der Waals surface area contributed by atoms with Gasteiger partial charge in [0.25, 0.3) is 0 Å². The fourth-order valence-electron chi connectivity index (χ4n) is 3.17. The molecule has 0 aromatic heterocycles. The largest absolute Gasteiger partial charge is 0.378 e. The first-order valence-electron chi connectivity index (χ1n) is 7.76. The van der Waals surface area contributed by atoms with E-state index in [0.717, 1.165) is 32.4 Å². The van der Waals surface area contributed by atoms with Gasteiger partial charge in [-0.2, -0.15) is 0 Å². The fraction of sp³-hybridized carbons (Fsp3) is 0.933. The van der Waals surface area contributed by atoms with E-state index in [-0.39, 0.29) is 18.3 Å². The second kappa shape index (κ2) is 6.23. The molecule has 0 aromatic carbocycles. The molecule has 5 unspecified atom stereocenters. The van der Waals surface area contributed by atoms with Crippen molar-refractivity contribution in [2.24, 2.45) is 11.8 Å². The average Bonchev–Trinajstić information content (AvgIpc) is 2.95. The highest BCUT2D eigenvalue weighted by atomic mass is 16.5. The normalized spacial score (nSPS) is 37.1. The quantitative estimate of drug-likeness (QED) is 0.829. The van der Waals surface area contributed by atoms with Crippen molar-refractivity contribution in [1.29, 1.82) is 0 Å². The number of amides is 1. The lowest BCUT2D eigenvalue weighted by Crippen LogP contribution is -2.41. The number of rotatable bonds is 5. The van der Waals surface area contributed by atoms with Gasteiger partial charge >= 0.3 is 0 Å². The first kappa shape index (κ1) is 14.8. The Balaban J connectivity index is 2.03. The molecule has 0 aromatic rings. The molecule has 2 heterocycles. The minimum atomic E-state index is 0.00702. The van der Waals surface area contributed by atoms with Crippen LogP contribution in [0.2, 0.25) is 0 Å². The molecule has 2 aliphatic heterocycles. The molecule has 1 N–H and O–H groups in total. The molecule has 0 bridgehead atoms. The minimum Gasteiger partial charge on any atom is -0.378 e. The molecule has 2 saturated heterocycles.